The van der Waals surface area contributed by atoms with Crippen molar-refractivity contribution in [1.29, 1.82) is 5.26 Å². The van der Waals surface area contributed by atoms with E-state index in [1.54, 1.807) is 24.5 Å². The Morgan fingerprint density at radius 2 is 2.14 bits per heavy atom. The lowest BCUT2D eigenvalue weighted by atomic mass is 10.1. The highest BCUT2D eigenvalue weighted by atomic mass is 35.5. The molecule has 2 aromatic heterocycles. The number of hydrogen-bond donors (Lipinski definition) is 0. The lowest BCUT2D eigenvalue weighted by Gasteiger charge is -1.98. The number of halogens is 1. The topological polar surface area (TPSA) is 49.8 Å². The Kier molecular flexibility index (Phi) is 3.87. The van der Waals surface area contributed by atoms with Gasteiger partial charge in [-0.2, -0.15) is 5.26 Å². The van der Waals surface area contributed by atoms with Gasteiger partial charge in [-0.1, -0.05) is 29.8 Å². The first kappa shape index (κ1) is 13.6. The van der Waals surface area contributed by atoms with Crippen LogP contribution in [0.4, 0.5) is 0 Å². The van der Waals surface area contributed by atoms with Crippen molar-refractivity contribution in [3.63, 3.8) is 0 Å². The molecule has 0 aliphatic carbocycles. The number of nitriles is 1. The Labute approximate surface area is 130 Å². The number of furan rings is 1. The Hall–Kier alpha value is -2.35. The van der Waals surface area contributed by atoms with Gasteiger partial charge in [0.15, 0.2) is 5.76 Å². The number of hydrogen-bond acceptors (Lipinski definition) is 4. The monoisotopic (exact) mass is 312 g/mol. The summed E-state index contributed by atoms with van der Waals surface area (Å²) in [6.45, 7) is 0. The Bertz CT molecular complexity index is 828. The van der Waals surface area contributed by atoms with E-state index >= 15 is 0 Å². The molecular formula is C16H9ClN2OS. The molecule has 21 heavy (non-hydrogen) atoms. The van der Waals surface area contributed by atoms with Gasteiger partial charge >= 0.3 is 0 Å². The van der Waals surface area contributed by atoms with Crippen molar-refractivity contribution in [1.82, 2.24) is 4.98 Å². The lowest BCUT2D eigenvalue weighted by molar-refractivity contribution is 0.580. The van der Waals surface area contributed by atoms with Crippen molar-refractivity contribution < 1.29 is 4.42 Å². The second-order valence-electron chi connectivity index (χ2n) is 4.21. The van der Waals surface area contributed by atoms with Crippen LogP contribution in [-0.2, 0) is 0 Å². The number of rotatable bonds is 3. The van der Waals surface area contributed by atoms with Gasteiger partial charge in [-0.3, -0.25) is 0 Å². The molecule has 0 fully saturated rings. The van der Waals surface area contributed by atoms with Gasteiger partial charge in [-0.05, 0) is 29.8 Å². The quantitative estimate of drug-likeness (QED) is 0.631. The van der Waals surface area contributed by atoms with Gasteiger partial charge in [0.05, 0.1) is 11.8 Å². The standard InChI is InChI=1S/C16H9ClN2OS/c17-13-5-2-1-4-11(13)8-12(9-18)16-19-14(10-21-16)15-6-3-7-20-15/h1-8,10H/b12-8+. The second-order valence-corrected chi connectivity index (χ2v) is 5.47. The zero-order valence-corrected chi connectivity index (χ0v) is 12.4. The van der Waals surface area contributed by atoms with Crippen molar-refractivity contribution in [3.05, 3.63) is 63.6 Å². The van der Waals surface area contributed by atoms with Gasteiger partial charge in [-0.15, -0.1) is 11.3 Å². The number of benzene rings is 1. The van der Waals surface area contributed by atoms with Crippen molar-refractivity contribution in [2.45, 2.75) is 0 Å². The molecule has 0 saturated carbocycles. The van der Waals surface area contributed by atoms with E-state index in [1.807, 2.05) is 29.6 Å². The fraction of sp³-hybridized carbons (Fsp3) is 0. The number of thiazole rings is 1. The van der Waals surface area contributed by atoms with E-state index in [2.05, 4.69) is 11.1 Å². The van der Waals surface area contributed by atoms with Crippen molar-refractivity contribution in [2.75, 3.05) is 0 Å². The predicted octanol–water partition coefficient (Wildman–Crippen LogP) is 5.12. The Morgan fingerprint density at radius 3 is 2.86 bits per heavy atom. The summed E-state index contributed by atoms with van der Waals surface area (Å²) < 4.78 is 5.30. The van der Waals surface area contributed by atoms with Crippen LogP contribution in [0.3, 0.4) is 0 Å². The van der Waals surface area contributed by atoms with Crippen LogP contribution in [0, 0.1) is 11.3 Å². The molecule has 3 aromatic rings. The van der Waals surface area contributed by atoms with Gasteiger partial charge in [0, 0.05) is 10.4 Å². The molecule has 0 aliphatic rings. The first-order chi connectivity index (χ1) is 10.3. The summed E-state index contributed by atoms with van der Waals surface area (Å²) in [6.07, 6.45) is 3.34. The molecule has 0 unspecified atom stereocenters. The summed E-state index contributed by atoms with van der Waals surface area (Å²) in [5.74, 6) is 0.688. The predicted molar refractivity (Wildman–Crippen MR) is 84.8 cm³/mol. The van der Waals surface area contributed by atoms with Crippen molar-refractivity contribution in [3.8, 4) is 17.5 Å². The number of aromatic nitrogens is 1. The maximum absolute atomic E-state index is 9.35. The lowest BCUT2D eigenvalue weighted by Crippen LogP contribution is -1.82. The molecule has 0 spiro atoms. The van der Waals surface area contributed by atoms with Gasteiger partial charge in [0.25, 0.3) is 0 Å². The molecule has 2 heterocycles. The van der Waals surface area contributed by atoms with Crippen LogP contribution in [0.2, 0.25) is 5.02 Å². The molecule has 0 aliphatic heterocycles. The molecule has 1 aromatic carbocycles. The number of allylic oxidation sites excluding steroid dienone is 1. The van der Waals surface area contributed by atoms with Crippen LogP contribution < -0.4 is 0 Å². The summed E-state index contributed by atoms with van der Waals surface area (Å²) in [5.41, 5.74) is 2.00. The van der Waals surface area contributed by atoms with Gasteiger partial charge in [0.1, 0.15) is 16.8 Å². The third-order valence-electron chi connectivity index (χ3n) is 2.83. The van der Waals surface area contributed by atoms with Crippen molar-refractivity contribution in [2.24, 2.45) is 0 Å². The van der Waals surface area contributed by atoms with E-state index in [1.165, 1.54) is 11.3 Å². The van der Waals surface area contributed by atoms with E-state index in [4.69, 9.17) is 16.0 Å². The maximum atomic E-state index is 9.35. The van der Waals surface area contributed by atoms with E-state index < -0.39 is 0 Å². The molecule has 0 bridgehead atoms. The second kappa shape index (κ2) is 5.96. The Balaban J connectivity index is 1.98. The first-order valence-corrected chi connectivity index (χ1v) is 7.40. The van der Waals surface area contributed by atoms with Crippen LogP contribution >= 0.6 is 22.9 Å². The minimum atomic E-state index is 0.478. The SMILES string of the molecule is N#C/C(=C\c1ccccc1Cl)c1nc(-c2ccco2)cs1. The third-order valence-corrected chi connectivity index (χ3v) is 4.05. The normalized spacial score (nSPS) is 11.3. The summed E-state index contributed by atoms with van der Waals surface area (Å²) in [4.78, 5) is 4.44. The van der Waals surface area contributed by atoms with Crippen LogP contribution in [0.25, 0.3) is 23.1 Å². The molecule has 0 N–H and O–H groups in total. The zero-order chi connectivity index (χ0) is 14.7. The highest BCUT2D eigenvalue weighted by Gasteiger charge is 2.11. The van der Waals surface area contributed by atoms with Crippen LogP contribution in [0.1, 0.15) is 10.6 Å². The van der Waals surface area contributed by atoms with E-state index in [0.29, 0.717) is 21.4 Å². The molecule has 0 saturated heterocycles. The summed E-state index contributed by atoms with van der Waals surface area (Å²) >= 11 is 7.51. The minimum absolute atomic E-state index is 0.478. The molecule has 0 amide bonds. The van der Waals surface area contributed by atoms with Gasteiger partial charge < -0.3 is 4.42 Å². The van der Waals surface area contributed by atoms with Crippen LogP contribution in [-0.4, -0.2) is 4.98 Å². The smallest absolute Gasteiger partial charge is 0.153 e. The molecule has 102 valence electrons. The van der Waals surface area contributed by atoms with Gasteiger partial charge in [-0.25, -0.2) is 4.98 Å². The summed E-state index contributed by atoms with van der Waals surface area (Å²) in [6, 6.07) is 13.2. The first-order valence-electron chi connectivity index (χ1n) is 6.14. The molecular weight excluding hydrogens is 304 g/mol. The highest BCUT2D eigenvalue weighted by molar-refractivity contribution is 7.11. The van der Waals surface area contributed by atoms with Crippen molar-refractivity contribution >= 4 is 34.6 Å². The van der Waals surface area contributed by atoms with Crippen LogP contribution in [0.15, 0.2) is 52.5 Å². The summed E-state index contributed by atoms with van der Waals surface area (Å²) in [5, 5.41) is 12.5. The third kappa shape index (κ3) is 2.89. The number of nitrogens with zero attached hydrogens (tertiary/aromatic N) is 2. The molecule has 0 atom stereocenters. The maximum Gasteiger partial charge on any atom is 0.153 e. The van der Waals surface area contributed by atoms with E-state index in [-0.39, 0.29) is 0 Å². The molecule has 3 rings (SSSR count). The molecule has 3 nitrogen and oxygen atoms in total. The van der Waals surface area contributed by atoms with E-state index in [9.17, 15) is 5.26 Å². The molecule has 5 heteroatoms. The molecule has 0 radical (unpaired) electrons. The average Bonchev–Trinajstić information content (AvgIpc) is 3.17. The summed E-state index contributed by atoms with van der Waals surface area (Å²) in [7, 11) is 0. The fourth-order valence-electron chi connectivity index (χ4n) is 1.82. The van der Waals surface area contributed by atoms with Crippen LogP contribution in [0.5, 0.6) is 0 Å². The Morgan fingerprint density at radius 1 is 1.29 bits per heavy atom. The average molecular weight is 313 g/mol. The highest BCUT2D eigenvalue weighted by Crippen LogP contribution is 2.28. The zero-order valence-electron chi connectivity index (χ0n) is 10.8. The van der Waals surface area contributed by atoms with Gasteiger partial charge in [0.2, 0.25) is 0 Å². The fourth-order valence-corrected chi connectivity index (χ4v) is 2.79. The largest absolute Gasteiger partial charge is 0.463 e. The minimum Gasteiger partial charge on any atom is -0.463 e. The van der Waals surface area contributed by atoms with E-state index in [0.717, 1.165) is 11.3 Å².